The molecule has 2 aliphatic heterocycles. The van der Waals surface area contributed by atoms with Gasteiger partial charge < -0.3 is 14.7 Å². The van der Waals surface area contributed by atoms with Gasteiger partial charge in [0.15, 0.2) is 0 Å². The first-order valence-electron chi connectivity index (χ1n) is 10.8. The van der Waals surface area contributed by atoms with Crippen molar-refractivity contribution in [3.63, 3.8) is 0 Å². The van der Waals surface area contributed by atoms with Crippen LogP contribution in [0.5, 0.6) is 0 Å². The van der Waals surface area contributed by atoms with Crippen molar-refractivity contribution < 1.29 is 37.4 Å². The molecule has 0 saturated carbocycles. The molecule has 0 aromatic heterocycles. The quantitative estimate of drug-likeness (QED) is 0.474. The molecule has 35 heavy (non-hydrogen) atoms. The van der Waals surface area contributed by atoms with Crippen LogP contribution in [0.15, 0.2) is 59.8 Å². The van der Waals surface area contributed by atoms with Crippen molar-refractivity contribution in [1.29, 1.82) is 0 Å². The first kappa shape index (κ1) is 25.2. The van der Waals surface area contributed by atoms with Crippen LogP contribution in [0.4, 0.5) is 13.2 Å². The number of ether oxygens (including phenoxy) is 1. The summed E-state index contributed by atoms with van der Waals surface area (Å²) < 4.78 is 48.9. The fourth-order valence-electron chi connectivity index (χ4n) is 5.14. The number of piperidine rings is 1. The van der Waals surface area contributed by atoms with Gasteiger partial charge in [-0.05, 0) is 31.0 Å². The number of halogens is 4. The maximum Gasteiger partial charge on any atom is 0.431 e. The monoisotopic (exact) mass is 510 g/mol. The maximum absolute atomic E-state index is 14.6. The molecule has 0 bridgehead atoms. The van der Waals surface area contributed by atoms with Crippen molar-refractivity contribution in [2.24, 2.45) is 16.5 Å². The van der Waals surface area contributed by atoms with Gasteiger partial charge in [0, 0.05) is 10.9 Å². The summed E-state index contributed by atoms with van der Waals surface area (Å²) in [6.45, 7) is 2.60. The zero-order valence-electron chi connectivity index (χ0n) is 18.7. The van der Waals surface area contributed by atoms with Crippen molar-refractivity contribution in [2.75, 3.05) is 6.61 Å². The van der Waals surface area contributed by atoms with E-state index in [2.05, 4.69) is 10.5 Å². The molecule has 186 valence electrons. The Morgan fingerprint density at radius 2 is 1.83 bits per heavy atom. The summed E-state index contributed by atoms with van der Waals surface area (Å²) in [7, 11) is 0. The van der Waals surface area contributed by atoms with Gasteiger partial charge in [-0.2, -0.15) is 13.2 Å². The molecule has 1 fully saturated rings. The minimum absolute atomic E-state index is 0.0206. The SMILES string of the molecule is CCOC(=O)[C@H]1[C@H](c2ccccc2)[C@]2(C(=O)ON=C2C)[C@H](c2ccccc2Cl)N[C@]1(O)C(F)(F)F. The van der Waals surface area contributed by atoms with Gasteiger partial charge in [-0.1, -0.05) is 65.3 Å². The first-order valence-corrected chi connectivity index (χ1v) is 11.2. The van der Waals surface area contributed by atoms with E-state index in [1.807, 2.05) is 0 Å². The average Bonchev–Trinajstić information content (AvgIpc) is 3.10. The maximum atomic E-state index is 14.6. The Kier molecular flexibility index (Phi) is 6.41. The van der Waals surface area contributed by atoms with Gasteiger partial charge >= 0.3 is 18.1 Å². The minimum Gasteiger partial charge on any atom is -0.466 e. The number of nitrogens with zero attached hydrogens (tertiary/aromatic N) is 1. The van der Waals surface area contributed by atoms with Crippen LogP contribution in [0.2, 0.25) is 5.02 Å². The van der Waals surface area contributed by atoms with Crippen LogP contribution < -0.4 is 5.32 Å². The number of esters is 1. The highest BCUT2D eigenvalue weighted by molar-refractivity contribution is 6.31. The predicted octanol–water partition coefficient (Wildman–Crippen LogP) is 4.12. The summed E-state index contributed by atoms with van der Waals surface area (Å²) in [6, 6.07) is 12.1. The van der Waals surface area contributed by atoms with Gasteiger partial charge in [0.25, 0.3) is 0 Å². The van der Waals surface area contributed by atoms with Crippen LogP contribution in [0.25, 0.3) is 0 Å². The number of benzene rings is 2. The molecule has 1 saturated heterocycles. The smallest absolute Gasteiger partial charge is 0.431 e. The van der Waals surface area contributed by atoms with Crippen LogP contribution in [-0.4, -0.2) is 41.3 Å². The van der Waals surface area contributed by atoms with Gasteiger partial charge in [0.05, 0.1) is 18.4 Å². The normalized spacial score (nSPS) is 30.7. The second kappa shape index (κ2) is 8.92. The fraction of sp³-hybridized carbons (Fsp3) is 0.375. The molecule has 4 rings (SSSR count). The lowest BCUT2D eigenvalue weighted by atomic mass is 9.54. The zero-order chi connectivity index (χ0) is 25.6. The Bertz CT molecular complexity index is 1180. The van der Waals surface area contributed by atoms with Crippen LogP contribution in [0.1, 0.15) is 36.9 Å². The predicted molar refractivity (Wildman–Crippen MR) is 119 cm³/mol. The van der Waals surface area contributed by atoms with E-state index in [1.54, 1.807) is 24.3 Å². The number of rotatable bonds is 4. The number of nitrogens with one attached hydrogen (secondary N) is 1. The second-order valence-corrected chi connectivity index (χ2v) is 8.81. The lowest BCUT2D eigenvalue weighted by molar-refractivity contribution is -0.311. The molecule has 2 aromatic rings. The third kappa shape index (κ3) is 3.71. The van der Waals surface area contributed by atoms with E-state index in [0.29, 0.717) is 0 Å². The third-order valence-electron chi connectivity index (χ3n) is 6.64. The average molecular weight is 511 g/mol. The molecular formula is C24H22ClF3N2O5. The van der Waals surface area contributed by atoms with Gasteiger partial charge in [-0.25, -0.2) is 4.79 Å². The Morgan fingerprint density at radius 1 is 1.20 bits per heavy atom. The summed E-state index contributed by atoms with van der Waals surface area (Å²) >= 11 is 6.38. The molecule has 0 unspecified atom stereocenters. The number of alkyl halides is 3. The van der Waals surface area contributed by atoms with Crippen molar-refractivity contribution in [1.82, 2.24) is 5.32 Å². The number of carbonyl (C=O) groups excluding carboxylic acids is 2. The zero-order valence-corrected chi connectivity index (χ0v) is 19.4. The van der Waals surface area contributed by atoms with Gasteiger partial charge in [0.1, 0.15) is 11.3 Å². The van der Waals surface area contributed by atoms with E-state index in [-0.39, 0.29) is 28.5 Å². The number of oxime groups is 1. The van der Waals surface area contributed by atoms with E-state index in [9.17, 15) is 27.9 Å². The Balaban J connectivity index is 2.12. The minimum atomic E-state index is -5.36. The molecule has 2 heterocycles. The Hall–Kier alpha value is -2.95. The highest BCUT2D eigenvalue weighted by Crippen LogP contribution is 2.61. The van der Waals surface area contributed by atoms with Gasteiger partial charge in [-0.3, -0.25) is 10.1 Å². The molecule has 2 aromatic carbocycles. The van der Waals surface area contributed by atoms with E-state index in [1.165, 1.54) is 44.2 Å². The molecular weight excluding hydrogens is 489 g/mol. The molecule has 0 aliphatic carbocycles. The molecule has 0 radical (unpaired) electrons. The summed E-state index contributed by atoms with van der Waals surface area (Å²) in [4.78, 5) is 31.7. The van der Waals surface area contributed by atoms with Crippen LogP contribution in [0.3, 0.4) is 0 Å². The lowest BCUT2D eigenvalue weighted by Gasteiger charge is -2.55. The van der Waals surface area contributed by atoms with Gasteiger partial charge in [0.2, 0.25) is 5.72 Å². The number of hydrogen-bond acceptors (Lipinski definition) is 7. The summed E-state index contributed by atoms with van der Waals surface area (Å²) in [5.74, 6) is -6.20. The van der Waals surface area contributed by atoms with Gasteiger partial charge in [-0.15, -0.1) is 0 Å². The standard InChI is InChI=1S/C24H22ClF3N2O5/c1-3-34-20(31)18-17(14-9-5-4-6-10-14)22(13(2)30-35-21(22)32)19(15-11-7-8-12-16(15)25)29-23(18,33)24(26,27)28/h4-12,17-19,29,33H,3H2,1-2H3/t17-,18+,19-,22-,23+/m0/s1. The third-order valence-corrected chi connectivity index (χ3v) is 6.99. The Morgan fingerprint density at radius 3 is 2.37 bits per heavy atom. The number of aliphatic hydroxyl groups is 1. The fourth-order valence-corrected chi connectivity index (χ4v) is 5.38. The van der Waals surface area contributed by atoms with E-state index in [0.717, 1.165) is 0 Å². The van der Waals surface area contributed by atoms with Crippen LogP contribution in [0, 0.1) is 11.3 Å². The molecule has 7 nitrogen and oxygen atoms in total. The van der Waals surface area contributed by atoms with Crippen LogP contribution >= 0.6 is 11.6 Å². The van der Waals surface area contributed by atoms with Crippen molar-refractivity contribution in [3.05, 3.63) is 70.7 Å². The van der Waals surface area contributed by atoms with Crippen molar-refractivity contribution in [3.8, 4) is 0 Å². The van der Waals surface area contributed by atoms with Crippen LogP contribution in [-0.2, 0) is 19.2 Å². The molecule has 2 N–H and O–H groups in total. The summed E-state index contributed by atoms with van der Waals surface area (Å²) in [5, 5.41) is 17.3. The van der Waals surface area contributed by atoms with Crippen molar-refractivity contribution >= 4 is 29.3 Å². The molecule has 11 heteroatoms. The first-order chi connectivity index (χ1) is 16.5. The molecule has 1 spiro atoms. The summed E-state index contributed by atoms with van der Waals surface area (Å²) in [6.07, 6.45) is -5.36. The van der Waals surface area contributed by atoms with Crippen molar-refractivity contribution in [2.45, 2.75) is 37.7 Å². The molecule has 2 aliphatic rings. The van der Waals surface area contributed by atoms with E-state index in [4.69, 9.17) is 21.2 Å². The Labute approximate surface area is 203 Å². The second-order valence-electron chi connectivity index (χ2n) is 8.41. The van der Waals surface area contributed by atoms with E-state index >= 15 is 0 Å². The number of hydrogen-bond donors (Lipinski definition) is 2. The molecule has 5 atom stereocenters. The topological polar surface area (TPSA) is 97.2 Å². The lowest BCUT2D eigenvalue weighted by Crippen LogP contribution is -2.74. The highest BCUT2D eigenvalue weighted by atomic mass is 35.5. The number of carbonyl (C=O) groups is 2. The highest BCUT2D eigenvalue weighted by Gasteiger charge is 2.76. The largest absolute Gasteiger partial charge is 0.466 e. The van der Waals surface area contributed by atoms with E-state index < -0.39 is 47.1 Å². The summed E-state index contributed by atoms with van der Waals surface area (Å²) in [5.41, 5.74) is -5.47. The molecule has 0 amide bonds.